The molecule has 6 nitrogen and oxygen atoms in total. The predicted molar refractivity (Wildman–Crippen MR) is 107 cm³/mol. The average Bonchev–Trinajstić information content (AvgIpc) is 3.30. The molecule has 0 bridgehead atoms. The maximum atomic E-state index is 9.15. The van der Waals surface area contributed by atoms with Gasteiger partial charge in [0, 0.05) is 19.3 Å². The predicted octanol–water partition coefficient (Wildman–Crippen LogP) is 3.23. The molecule has 0 unspecified atom stereocenters. The lowest BCUT2D eigenvalue weighted by Crippen LogP contribution is -2.42. The number of piperidine rings is 1. The summed E-state index contributed by atoms with van der Waals surface area (Å²) < 4.78 is 1.10. The van der Waals surface area contributed by atoms with Crippen molar-refractivity contribution < 1.29 is 0 Å². The smallest absolute Gasteiger partial charge is 0.227 e. The monoisotopic (exact) mass is 368 g/mol. The summed E-state index contributed by atoms with van der Waals surface area (Å²) in [6.07, 6.45) is 7.86. The Balaban J connectivity index is 1.69. The molecular formula is C19H24N6S. The Morgan fingerprint density at radius 1 is 1.35 bits per heavy atom. The van der Waals surface area contributed by atoms with Crippen molar-refractivity contribution in [3.05, 3.63) is 23.7 Å². The summed E-state index contributed by atoms with van der Waals surface area (Å²) in [5.74, 6) is 1.73. The van der Waals surface area contributed by atoms with E-state index in [2.05, 4.69) is 58.6 Å². The zero-order valence-electron chi connectivity index (χ0n) is 15.3. The van der Waals surface area contributed by atoms with E-state index in [0.717, 1.165) is 54.3 Å². The molecule has 2 aliphatic rings. The van der Waals surface area contributed by atoms with Gasteiger partial charge >= 0.3 is 0 Å². The van der Waals surface area contributed by atoms with Gasteiger partial charge in [0.15, 0.2) is 5.82 Å². The quantitative estimate of drug-likeness (QED) is 0.826. The second kappa shape index (κ2) is 7.22. The average molecular weight is 369 g/mol. The van der Waals surface area contributed by atoms with Crippen molar-refractivity contribution >= 4 is 33.3 Å². The van der Waals surface area contributed by atoms with Crippen LogP contribution in [0.4, 0.5) is 11.8 Å². The molecule has 0 aromatic carbocycles. The molecule has 2 aromatic rings. The number of hydrogen-bond acceptors (Lipinski definition) is 7. The third-order valence-electron chi connectivity index (χ3n) is 5.46. The van der Waals surface area contributed by atoms with Gasteiger partial charge in [-0.25, -0.2) is 4.98 Å². The van der Waals surface area contributed by atoms with Gasteiger partial charge in [-0.15, -0.1) is 11.3 Å². The highest BCUT2D eigenvalue weighted by Gasteiger charge is 2.27. The van der Waals surface area contributed by atoms with Crippen LogP contribution in [0.3, 0.4) is 0 Å². The lowest BCUT2D eigenvalue weighted by molar-refractivity contribution is 0.252. The van der Waals surface area contributed by atoms with Crippen molar-refractivity contribution in [2.24, 2.45) is 0 Å². The van der Waals surface area contributed by atoms with Crippen LogP contribution in [0.5, 0.6) is 0 Å². The fourth-order valence-corrected chi connectivity index (χ4v) is 4.64. The number of nitrogens with zero attached hydrogens (tertiary/aromatic N) is 6. The number of anilines is 2. The SMILES string of the molecule is CN1CCC(N(C)c2nc(N3C=CC[C@H]3CC#N)c3sccc3n2)CC1. The van der Waals surface area contributed by atoms with Crippen molar-refractivity contribution in [3.8, 4) is 6.07 Å². The standard InChI is InChI=1S/C19H24N6S/c1-23-11-6-14(7-12-23)24(2)19-21-16-8-13-26-17(16)18(22-19)25-10-3-4-15(25)5-9-20/h3,8,10,13-15H,4-7,11-12H2,1-2H3/t15-/m0/s1. The zero-order chi connectivity index (χ0) is 18.1. The van der Waals surface area contributed by atoms with Gasteiger partial charge in [-0.3, -0.25) is 0 Å². The van der Waals surface area contributed by atoms with Crippen LogP contribution in [-0.2, 0) is 0 Å². The van der Waals surface area contributed by atoms with Crippen LogP contribution < -0.4 is 9.80 Å². The van der Waals surface area contributed by atoms with Crippen LogP contribution >= 0.6 is 11.3 Å². The highest BCUT2D eigenvalue weighted by molar-refractivity contribution is 7.17. The molecule has 0 spiro atoms. The zero-order valence-corrected chi connectivity index (χ0v) is 16.1. The first-order valence-corrected chi connectivity index (χ1v) is 10.0. The third kappa shape index (κ3) is 3.15. The first-order valence-electron chi connectivity index (χ1n) is 9.16. The van der Waals surface area contributed by atoms with Crippen molar-refractivity contribution in [2.75, 3.05) is 37.0 Å². The Morgan fingerprint density at radius 3 is 2.92 bits per heavy atom. The highest BCUT2D eigenvalue weighted by atomic mass is 32.1. The minimum Gasteiger partial charge on any atom is -0.341 e. The summed E-state index contributed by atoms with van der Waals surface area (Å²) in [4.78, 5) is 16.6. The van der Waals surface area contributed by atoms with Crippen LogP contribution in [0.15, 0.2) is 23.7 Å². The summed E-state index contributed by atoms with van der Waals surface area (Å²) >= 11 is 1.67. The molecule has 0 saturated carbocycles. The van der Waals surface area contributed by atoms with Crippen LogP contribution in [0.1, 0.15) is 25.7 Å². The molecule has 0 radical (unpaired) electrons. The number of rotatable bonds is 4. The Labute approximate surface area is 158 Å². The molecule has 0 amide bonds. The number of likely N-dealkylation sites (tertiary alicyclic amines) is 1. The molecular weight excluding hydrogens is 344 g/mol. The first kappa shape index (κ1) is 17.3. The largest absolute Gasteiger partial charge is 0.341 e. The van der Waals surface area contributed by atoms with E-state index < -0.39 is 0 Å². The molecule has 26 heavy (non-hydrogen) atoms. The summed E-state index contributed by atoms with van der Waals surface area (Å²) in [7, 11) is 4.29. The van der Waals surface area contributed by atoms with E-state index in [1.807, 2.05) is 0 Å². The Hall–Kier alpha value is -2.17. The van der Waals surface area contributed by atoms with Crippen LogP contribution in [0, 0.1) is 11.3 Å². The molecule has 4 rings (SSSR count). The second-order valence-electron chi connectivity index (χ2n) is 7.17. The van der Waals surface area contributed by atoms with E-state index in [9.17, 15) is 0 Å². The maximum Gasteiger partial charge on any atom is 0.227 e. The number of nitriles is 1. The lowest BCUT2D eigenvalue weighted by Gasteiger charge is -2.35. The van der Waals surface area contributed by atoms with Gasteiger partial charge in [0.05, 0.1) is 28.7 Å². The van der Waals surface area contributed by atoms with E-state index in [-0.39, 0.29) is 6.04 Å². The van der Waals surface area contributed by atoms with Crippen molar-refractivity contribution in [2.45, 2.75) is 37.8 Å². The van der Waals surface area contributed by atoms with Crippen molar-refractivity contribution in [1.82, 2.24) is 14.9 Å². The summed E-state index contributed by atoms with van der Waals surface area (Å²) in [5.41, 5.74) is 0.991. The number of aromatic nitrogens is 2. The molecule has 2 aliphatic heterocycles. The van der Waals surface area contributed by atoms with Gasteiger partial charge in [0.1, 0.15) is 0 Å². The minimum absolute atomic E-state index is 0.168. The van der Waals surface area contributed by atoms with Gasteiger partial charge in [-0.05, 0) is 50.8 Å². The fourth-order valence-electron chi connectivity index (χ4n) is 3.81. The molecule has 7 heteroatoms. The van der Waals surface area contributed by atoms with E-state index in [1.54, 1.807) is 11.3 Å². The Kier molecular flexibility index (Phi) is 4.79. The number of hydrogen-bond donors (Lipinski definition) is 0. The molecule has 4 heterocycles. The van der Waals surface area contributed by atoms with E-state index in [1.165, 1.54) is 0 Å². The maximum absolute atomic E-state index is 9.15. The Morgan fingerprint density at radius 2 is 2.15 bits per heavy atom. The van der Waals surface area contributed by atoms with Crippen molar-refractivity contribution in [3.63, 3.8) is 0 Å². The number of fused-ring (bicyclic) bond motifs is 1. The summed E-state index contributed by atoms with van der Waals surface area (Å²) in [6.45, 7) is 2.23. The molecule has 2 aromatic heterocycles. The highest BCUT2D eigenvalue weighted by Crippen LogP contribution is 2.35. The van der Waals surface area contributed by atoms with Crippen LogP contribution in [0.2, 0.25) is 0 Å². The third-order valence-corrected chi connectivity index (χ3v) is 6.36. The minimum atomic E-state index is 0.168. The number of thiophene rings is 1. The molecule has 0 aliphatic carbocycles. The molecule has 1 saturated heterocycles. The first-order chi connectivity index (χ1) is 12.7. The van der Waals surface area contributed by atoms with E-state index >= 15 is 0 Å². The fraction of sp³-hybridized carbons (Fsp3) is 0.526. The molecule has 1 atom stereocenters. The van der Waals surface area contributed by atoms with E-state index in [4.69, 9.17) is 15.2 Å². The van der Waals surface area contributed by atoms with Gasteiger partial charge in [-0.2, -0.15) is 10.2 Å². The van der Waals surface area contributed by atoms with Crippen molar-refractivity contribution in [1.29, 1.82) is 5.26 Å². The van der Waals surface area contributed by atoms with Gasteiger partial charge in [-0.1, -0.05) is 6.08 Å². The van der Waals surface area contributed by atoms with Gasteiger partial charge in [0.25, 0.3) is 0 Å². The lowest BCUT2D eigenvalue weighted by atomic mass is 10.0. The van der Waals surface area contributed by atoms with Gasteiger partial charge < -0.3 is 14.7 Å². The van der Waals surface area contributed by atoms with Gasteiger partial charge in [0.2, 0.25) is 5.95 Å². The summed E-state index contributed by atoms with van der Waals surface area (Å²) in [6, 6.07) is 5.01. The molecule has 1 fully saturated rings. The Bertz CT molecular complexity index is 845. The molecule has 136 valence electrons. The normalized spacial score (nSPS) is 21.4. The molecule has 0 N–H and O–H groups in total. The topological polar surface area (TPSA) is 59.3 Å². The second-order valence-corrected chi connectivity index (χ2v) is 8.09. The van der Waals surface area contributed by atoms with Crippen LogP contribution in [-0.4, -0.2) is 54.1 Å². The van der Waals surface area contributed by atoms with E-state index in [0.29, 0.717) is 12.5 Å². The summed E-state index contributed by atoms with van der Waals surface area (Å²) in [5, 5.41) is 11.2. The van der Waals surface area contributed by atoms with Crippen LogP contribution in [0.25, 0.3) is 10.2 Å².